The Kier molecular flexibility index (Phi) is 3.30. The molecule has 0 unspecified atom stereocenters. The number of nitrogens with one attached hydrogen (secondary N) is 1. The zero-order valence-corrected chi connectivity index (χ0v) is 11.1. The lowest BCUT2D eigenvalue weighted by Crippen LogP contribution is -2.37. The first kappa shape index (κ1) is 12.9. The molecule has 18 heavy (non-hydrogen) atoms. The lowest BCUT2D eigenvalue weighted by Gasteiger charge is -2.15. The number of amides is 1. The van der Waals surface area contributed by atoms with E-state index in [1.54, 1.807) is 7.11 Å². The van der Waals surface area contributed by atoms with Gasteiger partial charge in [-0.2, -0.15) is 0 Å². The number of carbonyl (C=O) groups is 1. The number of carbonyl (C=O) groups excluding carboxylic acids is 1. The molecule has 0 radical (unpaired) electrons. The molecule has 1 aliphatic carbocycles. The summed E-state index contributed by atoms with van der Waals surface area (Å²) < 4.78 is 5.26. The first-order valence-electron chi connectivity index (χ1n) is 6.24. The number of methoxy groups -OCH3 is 1. The summed E-state index contributed by atoms with van der Waals surface area (Å²) in [5.74, 6) is 0.943. The molecule has 0 atom stereocenters. The molecule has 1 aliphatic rings. The highest BCUT2D eigenvalue weighted by atomic mass is 16.5. The van der Waals surface area contributed by atoms with Crippen molar-refractivity contribution in [2.45, 2.75) is 38.1 Å². The molecular weight excluding hydrogens is 228 g/mol. The number of nitrogens with two attached hydrogens (primary N) is 1. The fourth-order valence-electron chi connectivity index (χ4n) is 1.79. The first-order chi connectivity index (χ1) is 8.46. The second-order valence-electron chi connectivity index (χ2n) is 5.22. The van der Waals surface area contributed by atoms with Crippen LogP contribution in [0.15, 0.2) is 18.2 Å². The predicted octanol–water partition coefficient (Wildman–Crippen LogP) is 2.25. The molecule has 0 bridgehead atoms. The molecule has 1 amide bonds. The minimum atomic E-state index is -0.668. The third-order valence-corrected chi connectivity index (χ3v) is 3.38. The van der Waals surface area contributed by atoms with Crippen molar-refractivity contribution in [1.29, 1.82) is 0 Å². The van der Waals surface area contributed by atoms with Gasteiger partial charge in [0.15, 0.2) is 0 Å². The van der Waals surface area contributed by atoms with E-state index in [9.17, 15) is 4.79 Å². The van der Waals surface area contributed by atoms with Crippen molar-refractivity contribution in [2.75, 3.05) is 12.4 Å². The second-order valence-corrected chi connectivity index (χ2v) is 5.22. The van der Waals surface area contributed by atoms with Gasteiger partial charge in [0.25, 0.3) is 0 Å². The van der Waals surface area contributed by atoms with E-state index < -0.39 is 5.54 Å². The fourth-order valence-corrected chi connectivity index (χ4v) is 1.79. The third kappa shape index (κ3) is 2.48. The maximum atomic E-state index is 12.0. The highest BCUT2D eigenvalue weighted by Gasteiger charge is 2.46. The summed E-state index contributed by atoms with van der Waals surface area (Å²) in [4.78, 5) is 12.0. The number of ether oxygens (including phenoxy) is 1. The minimum absolute atomic E-state index is 0.123. The number of rotatable bonds is 4. The molecule has 0 aromatic heterocycles. The van der Waals surface area contributed by atoms with Crippen molar-refractivity contribution < 1.29 is 9.53 Å². The number of benzene rings is 1. The summed E-state index contributed by atoms with van der Waals surface area (Å²) in [6, 6.07) is 5.84. The Morgan fingerprint density at radius 1 is 1.44 bits per heavy atom. The van der Waals surface area contributed by atoms with E-state index in [-0.39, 0.29) is 5.91 Å². The van der Waals surface area contributed by atoms with Crippen LogP contribution in [-0.4, -0.2) is 18.6 Å². The van der Waals surface area contributed by atoms with Crippen LogP contribution in [0, 0.1) is 0 Å². The average molecular weight is 248 g/mol. The van der Waals surface area contributed by atoms with Crippen LogP contribution in [0.3, 0.4) is 0 Å². The van der Waals surface area contributed by atoms with E-state index >= 15 is 0 Å². The lowest BCUT2D eigenvalue weighted by atomic mass is 10.0. The Bertz CT molecular complexity index is 465. The van der Waals surface area contributed by atoms with Crippen molar-refractivity contribution in [3.8, 4) is 5.75 Å². The zero-order chi connectivity index (χ0) is 13.3. The van der Waals surface area contributed by atoms with Gasteiger partial charge in [-0.3, -0.25) is 4.79 Å². The van der Waals surface area contributed by atoms with Crippen molar-refractivity contribution in [1.82, 2.24) is 0 Å². The Hall–Kier alpha value is -1.55. The SMILES string of the molecule is COc1ccc(C(C)C)cc1NC(=O)C1(N)CC1. The molecule has 1 saturated carbocycles. The zero-order valence-electron chi connectivity index (χ0n) is 11.1. The van der Waals surface area contributed by atoms with E-state index in [1.807, 2.05) is 18.2 Å². The maximum Gasteiger partial charge on any atom is 0.244 e. The number of hydrogen-bond donors (Lipinski definition) is 2. The topological polar surface area (TPSA) is 64.3 Å². The van der Waals surface area contributed by atoms with Gasteiger partial charge < -0.3 is 15.8 Å². The largest absolute Gasteiger partial charge is 0.495 e. The fraction of sp³-hybridized carbons (Fsp3) is 0.500. The van der Waals surface area contributed by atoms with Crippen molar-refractivity contribution in [3.05, 3.63) is 23.8 Å². The van der Waals surface area contributed by atoms with Gasteiger partial charge in [0.2, 0.25) is 5.91 Å². The summed E-state index contributed by atoms with van der Waals surface area (Å²) in [7, 11) is 1.59. The molecule has 1 fully saturated rings. The van der Waals surface area contributed by atoms with Crippen LogP contribution in [0.4, 0.5) is 5.69 Å². The van der Waals surface area contributed by atoms with Crippen LogP contribution in [0.5, 0.6) is 5.75 Å². The summed E-state index contributed by atoms with van der Waals surface area (Å²) >= 11 is 0. The maximum absolute atomic E-state index is 12.0. The van der Waals surface area contributed by atoms with E-state index in [2.05, 4.69) is 19.2 Å². The van der Waals surface area contributed by atoms with Crippen molar-refractivity contribution >= 4 is 11.6 Å². The standard InChI is InChI=1S/C14H20N2O2/c1-9(2)10-4-5-12(18-3)11(8-10)16-13(17)14(15)6-7-14/h4-5,8-9H,6-7,15H2,1-3H3,(H,16,17). The summed E-state index contributed by atoms with van der Waals surface area (Å²) in [6.45, 7) is 4.22. The molecule has 4 heteroatoms. The van der Waals surface area contributed by atoms with Gasteiger partial charge in [0.05, 0.1) is 18.3 Å². The van der Waals surface area contributed by atoms with E-state index in [4.69, 9.17) is 10.5 Å². The van der Waals surface area contributed by atoms with Gasteiger partial charge in [-0.1, -0.05) is 19.9 Å². The number of anilines is 1. The number of hydrogen-bond acceptors (Lipinski definition) is 3. The van der Waals surface area contributed by atoms with E-state index in [1.165, 1.54) is 0 Å². The summed E-state index contributed by atoms with van der Waals surface area (Å²) in [6.07, 6.45) is 1.51. The molecule has 3 N–H and O–H groups in total. The lowest BCUT2D eigenvalue weighted by molar-refractivity contribution is -0.118. The Morgan fingerprint density at radius 3 is 2.61 bits per heavy atom. The van der Waals surface area contributed by atoms with Crippen LogP contribution >= 0.6 is 0 Å². The van der Waals surface area contributed by atoms with Gasteiger partial charge in [0.1, 0.15) is 5.75 Å². The van der Waals surface area contributed by atoms with Gasteiger partial charge >= 0.3 is 0 Å². The second kappa shape index (κ2) is 4.61. The third-order valence-electron chi connectivity index (χ3n) is 3.38. The van der Waals surface area contributed by atoms with Gasteiger partial charge in [-0.05, 0) is 36.5 Å². The monoisotopic (exact) mass is 248 g/mol. The Balaban J connectivity index is 2.24. The molecule has 1 aromatic rings. The quantitative estimate of drug-likeness (QED) is 0.859. The molecule has 0 aliphatic heterocycles. The average Bonchev–Trinajstić information content (AvgIpc) is 3.08. The highest BCUT2D eigenvalue weighted by molar-refractivity contribution is 6.01. The van der Waals surface area contributed by atoms with Crippen LogP contribution in [0.2, 0.25) is 0 Å². The molecule has 0 saturated heterocycles. The normalized spacial score (nSPS) is 16.5. The van der Waals surface area contributed by atoms with Crippen LogP contribution < -0.4 is 15.8 Å². The molecular formula is C14H20N2O2. The molecule has 0 heterocycles. The van der Waals surface area contributed by atoms with E-state index in [0.29, 0.717) is 17.4 Å². The molecule has 98 valence electrons. The molecule has 2 rings (SSSR count). The smallest absolute Gasteiger partial charge is 0.244 e. The van der Waals surface area contributed by atoms with Crippen LogP contribution in [-0.2, 0) is 4.79 Å². The van der Waals surface area contributed by atoms with Gasteiger partial charge in [0, 0.05) is 0 Å². The first-order valence-corrected chi connectivity index (χ1v) is 6.24. The van der Waals surface area contributed by atoms with Gasteiger partial charge in [-0.25, -0.2) is 0 Å². The summed E-state index contributed by atoms with van der Waals surface area (Å²) in [5.41, 5.74) is 7.07. The molecule has 1 aromatic carbocycles. The molecule has 0 spiro atoms. The van der Waals surface area contributed by atoms with Crippen molar-refractivity contribution in [2.24, 2.45) is 5.73 Å². The summed E-state index contributed by atoms with van der Waals surface area (Å²) in [5, 5.41) is 2.87. The van der Waals surface area contributed by atoms with Crippen LogP contribution in [0.1, 0.15) is 38.2 Å². The van der Waals surface area contributed by atoms with E-state index in [0.717, 1.165) is 18.4 Å². The minimum Gasteiger partial charge on any atom is -0.495 e. The van der Waals surface area contributed by atoms with Crippen molar-refractivity contribution in [3.63, 3.8) is 0 Å². The highest BCUT2D eigenvalue weighted by Crippen LogP contribution is 2.35. The van der Waals surface area contributed by atoms with Crippen LogP contribution in [0.25, 0.3) is 0 Å². The Labute approximate surface area is 108 Å². The van der Waals surface area contributed by atoms with Gasteiger partial charge in [-0.15, -0.1) is 0 Å². The molecule has 4 nitrogen and oxygen atoms in total. The predicted molar refractivity (Wildman–Crippen MR) is 71.9 cm³/mol. The Morgan fingerprint density at radius 2 is 2.11 bits per heavy atom.